The summed E-state index contributed by atoms with van der Waals surface area (Å²) < 4.78 is 13.5. The average molecular weight is 367 g/mol. The molecule has 0 aromatic heterocycles. The van der Waals surface area contributed by atoms with E-state index in [1.165, 1.54) is 13.8 Å². The number of nitro benzene ring substituents is 1. The molecule has 18 heavy (non-hydrogen) atoms. The van der Waals surface area contributed by atoms with Gasteiger partial charge in [-0.15, -0.1) is 0 Å². The molecular weight excluding hydrogens is 356 g/mol. The molecule has 0 unspecified atom stereocenters. The van der Waals surface area contributed by atoms with Gasteiger partial charge in [0.2, 0.25) is 5.91 Å². The summed E-state index contributed by atoms with van der Waals surface area (Å²) in [5, 5.41) is 13.4. The van der Waals surface area contributed by atoms with Gasteiger partial charge in [0.15, 0.2) is 0 Å². The fraction of sp³-hybridized carbons (Fsp3) is 0.300. The largest absolute Gasteiger partial charge is 0.368 e. The molecule has 1 rings (SSSR count). The first-order chi connectivity index (χ1) is 8.15. The molecule has 1 amide bonds. The Morgan fingerprint density at radius 2 is 2.11 bits per heavy atom. The summed E-state index contributed by atoms with van der Waals surface area (Å²) in [4.78, 5) is 21.4. The van der Waals surface area contributed by atoms with Crippen molar-refractivity contribution < 1.29 is 14.1 Å². The highest BCUT2D eigenvalue weighted by molar-refractivity contribution is 14.1. The zero-order valence-electron chi connectivity index (χ0n) is 9.66. The van der Waals surface area contributed by atoms with Crippen LogP contribution in [0.2, 0.25) is 0 Å². The van der Waals surface area contributed by atoms with E-state index in [0.717, 1.165) is 12.1 Å². The Hall–Kier alpha value is -1.45. The highest BCUT2D eigenvalue weighted by atomic mass is 127. The molecule has 0 aliphatic carbocycles. The third-order valence-corrected chi connectivity index (χ3v) is 3.13. The lowest BCUT2D eigenvalue weighted by Crippen LogP contribution is -2.45. The average Bonchev–Trinajstić information content (AvgIpc) is 2.22. The van der Waals surface area contributed by atoms with E-state index in [9.17, 15) is 19.3 Å². The van der Waals surface area contributed by atoms with Crippen molar-refractivity contribution in [2.24, 2.45) is 5.73 Å². The van der Waals surface area contributed by atoms with Crippen molar-refractivity contribution in [1.29, 1.82) is 0 Å². The number of nitrogens with two attached hydrogens (primary N) is 1. The van der Waals surface area contributed by atoms with Crippen molar-refractivity contribution in [3.63, 3.8) is 0 Å². The van der Waals surface area contributed by atoms with Crippen LogP contribution in [0.4, 0.5) is 15.8 Å². The number of anilines is 1. The topological polar surface area (TPSA) is 98.3 Å². The number of primary amides is 1. The van der Waals surface area contributed by atoms with Crippen LogP contribution >= 0.6 is 22.6 Å². The quantitative estimate of drug-likeness (QED) is 0.483. The molecule has 1 aromatic rings. The lowest BCUT2D eigenvalue weighted by Gasteiger charge is -2.23. The van der Waals surface area contributed by atoms with Crippen molar-refractivity contribution in [2.75, 3.05) is 5.32 Å². The van der Waals surface area contributed by atoms with Gasteiger partial charge in [0.05, 0.1) is 8.49 Å². The standard InChI is InChI=1S/C10H11FIN3O3/c1-10(2,9(13)16)14-7-3-5(11)6(12)4-8(7)15(17)18/h3-4,14H,1-2H3,(H2,13,16). The van der Waals surface area contributed by atoms with Gasteiger partial charge in [-0.2, -0.15) is 0 Å². The number of carbonyl (C=O) groups excluding carboxylic acids is 1. The minimum atomic E-state index is -1.22. The van der Waals surface area contributed by atoms with Crippen molar-refractivity contribution in [1.82, 2.24) is 0 Å². The number of hydrogen-bond donors (Lipinski definition) is 2. The Bertz CT molecular complexity index is 519. The lowest BCUT2D eigenvalue weighted by molar-refractivity contribution is -0.384. The van der Waals surface area contributed by atoms with Crippen LogP contribution in [0, 0.1) is 19.5 Å². The smallest absolute Gasteiger partial charge is 0.293 e. The van der Waals surface area contributed by atoms with Crippen LogP contribution in [0.5, 0.6) is 0 Å². The van der Waals surface area contributed by atoms with Crippen molar-refractivity contribution in [2.45, 2.75) is 19.4 Å². The van der Waals surface area contributed by atoms with Crippen LogP contribution in [-0.2, 0) is 4.79 Å². The molecule has 98 valence electrons. The summed E-state index contributed by atoms with van der Waals surface area (Å²) in [6.07, 6.45) is 0. The Morgan fingerprint density at radius 3 is 2.56 bits per heavy atom. The van der Waals surface area contributed by atoms with E-state index >= 15 is 0 Å². The maximum absolute atomic E-state index is 13.4. The first-order valence-corrected chi connectivity index (χ1v) is 5.94. The molecule has 0 saturated carbocycles. The molecule has 0 aliphatic rings. The molecular formula is C10H11FIN3O3. The Kier molecular flexibility index (Phi) is 4.09. The highest BCUT2D eigenvalue weighted by Crippen LogP contribution is 2.30. The first kappa shape index (κ1) is 14.6. The number of nitrogens with one attached hydrogen (secondary N) is 1. The number of nitrogens with zero attached hydrogens (tertiary/aromatic N) is 1. The SMILES string of the molecule is CC(C)(Nc1cc(F)c(I)cc1[N+](=O)[O-])C(N)=O. The molecule has 6 nitrogen and oxygen atoms in total. The number of rotatable bonds is 4. The van der Waals surface area contributed by atoms with Crippen LogP contribution in [0.3, 0.4) is 0 Å². The van der Waals surface area contributed by atoms with Gasteiger partial charge in [0.1, 0.15) is 17.0 Å². The van der Waals surface area contributed by atoms with E-state index in [4.69, 9.17) is 5.73 Å². The number of halogens is 2. The fourth-order valence-electron chi connectivity index (χ4n) is 1.19. The molecule has 0 radical (unpaired) electrons. The van der Waals surface area contributed by atoms with Gasteiger partial charge in [-0.3, -0.25) is 14.9 Å². The molecule has 0 fully saturated rings. The summed E-state index contributed by atoms with van der Waals surface area (Å²) in [6.45, 7) is 2.91. The number of carbonyl (C=O) groups is 1. The molecule has 0 saturated heterocycles. The summed E-state index contributed by atoms with van der Waals surface area (Å²) in [7, 11) is 0. The maximum atomic E-state index is 13.4. The second-order valence-electron chi connectivity index (χ2n) is 4.15. The summed E-state index contributed by atoms with van der Waals surface area (Å²) >= 11 is 1.65. The van der Waals surface area contributed by atoms with Gasteiger partial charge in [-0.1, -0.05) is 0 Å². The highest BCUT2D eigenvalue weighted by Gasteiger charge is 2.28. The number of amides is 1. The fourth-order valence-corrected chi connectivity index (χ4v) is 1.64. The third kappa shape index (κ3) is 3.06. The maximum Gasteiger partial charge on any atom is 0.293 e. The van der Waals surface area contributed by atoms with Crippen molar-refractivity contribution in [3.8, 4) is 0 Å². The first-order valence-electron chi connectivity index (χ1n) is 4.86. The predicted molar refractivity (Wildman–Crippen MR) is 72.7 cm³/mol. The van der Waals surface area contributed by atoms with Gasteiger partial charge < -0.3 is 11.1 Å². The van der Waals surface area contributed by atoms with E-state index < -0.39 is 22.2 Å². The number of benzene rings is 1. The number of nitro groups is 1. The third-order valence-electron chi connectivity index (χ3n) is 2.30. The van der Waals surface area contributed by atoms with E-state index in [0.29, 0.717) is 0 Å². The summed E-state index contributed by atoms with van der Waals surface area (Å²) in [5.41, 5.74) is 3.54. The minimum absolute atomic E-state index is 0.0817. The van der Waals surface area contributed by atoms with E-state index in [2.05, 4.69) is 5.32 Å². The van der Waals surface area contributed by atoms with E-state index in [-0.39, 0.29) is 14.9 Å². The minimum Gasteiger partial charge on any atom is -0.368 e. The molecule has 0 aliphatic heterocycles. The molecule has 0 atom stereocenters. The van der Waals surface area contributed by atoms with Crippen molar-refractivity contribution in [3.05, 3.63) is 31.6 Å². The summed E-state index contributed by atoms with van der Waals surface area (Å²) in [5.74, 6) is -1.31. The number of hydrogen-bond acceptors (Lipinski definition) is 4. The molecule has 0 heterocycles. The molecule has 0 spiro atoms. The second-order valence-corrected chi connectivity index (χ2v) is 5.32. The van der Waals surface area contributed by atoms with Crippen LogP contribution in [-0.4, -0.2) is 16.4 Å². The second kappa shape index (κ2) is 5.04. The van der Waals surface area contributed by atoms with Crippen LogP contribution in [0.1, 0.15) is 13.8 Å². The monoisotopic (exact) mass is 367 g/mol. The van der Waals surface area contributed by atoms with Crippen LogP contribution in [0.25, 0.3) is 0 Å². The van der Waals surface area contributed by atoms with Crippen molar-refractivity contribution >= 4 is 39.9 Å². The van der Waals surface area contributed by atoms with Gasteiger partial charge in [-0.25, -0.2) is 4.39 Å². The molecule has 0 bridgehead atoms. The molecule has 1 aromatic carbocycles. The van der Waals surface area contributed by atoms with Crippen LogP contribution in [0.15, 0.2) is 12.1 Å². The van der Waals surface area contributed by atoms with Gasteiger partial charge in [0, 0.05) is 12.1 Å². The van der Waals surface area contributed by atoms with Gasteiger partial charge in [0.25, 0.3) is 5.69 Å². The van der Waals surface area contributed by atoms with Crippen LogP contribution < -0.4 is 11.1 Å². The predicted octanol–water partition coefficient (Wildman–Crippen LogP) is 2.01. The van der Waals surface area contributed by atoms with Gasteiger partial charge in [-0.05, 0) is 36.4 Å². The molecule has 3 N–H and O–H groups in total. The zero-order chi connectivity index (χ0) is 14.1. The van der Waals surface area contributed by atoms with E-state index in [1.807, 2.05) is 0 Å². The zero-order valence-corrected chi connectivity index (χ0v) is 11.8. The lowest BCUT2D eigenvalue weighted by atomic mass is 10.0. The molecule has 8 heteroatoms. The Morgan fingerprint density at radius 1 is 1.56 bits per heavy atom. The Balaban J connectivity index is 3.27. The van der Waals surface area contributed by atoms with E-state index in [1.54, 1.807) is 22.6 Å². The van der Waals surface area contributed by atoms with Gasteiger partial charge >= 0.3 is 0 Å². The normalized spacial score (nSPS) is 11.1. The summed E-state index contributed by atoms with van der Waals surface area (Å²) in [6, 6.07) is 2.07. The Labute approximate surface area is 116 Å².